The number of hydrogen-bond donors (Lipinski definition) is 1. The number of aliphatic hydroxyl groups excluding tert-OH is 1. The minimum atomic E-state index is -1.43. The lowest BCUT2D eigenvalue weighted by molar-refractivity contribution is -0.141. The van der Waals surface area contributed by atoms with Crippen molar-refractivity contribution in [2.24, 2.45) is 0 Å². The first kappa shape index (κ1) is 23.5. The van der Waals surface area contributed by atoms with Crippen LogP contribution in [0.2, 0.25) is 0 Å². The molecule has 0 unspecified atom stereocenters. The van der Waals surface area contributed by atoms with Gasteiger partial charge in [0.05, 0.1) is 25.1 Å². The van der Waals surface area contributed by atoms with Crippen LogP contribution in [0.25, 0.3) is 6.08 Å². The fourth-order valence-electron chi connectivity index (χ4n) is 2.34. The highest BCUT2D eigenvalue weighted by molar-refractivity contribution is 6.40. The molecule has 1 aromatic heterocycles. The molecular weight excluding hydrogens is 416 g/mol. The van der Waals surface area contributed by atoms with Crippen LogP contribution in [0.5, 0.6) is 5.75 Å². The van der Waals surface area contributed by atoms with Gasteiger partial charge in [0, 0.05) is 11.6 Å². The van der Waals surface area contributed by atoms with Gasteiger partial charge in [-0.25, -0.2) is 18.4 Å². The van der Waals surface area contributed by atoms with Crippen molar-refractivity contribution in [3.63, 3.8) is 0 Å². The molecule has 0 aliphatic rings. The monoisotopic (exact) mass is 435 g/mol. The van der Waals surface area contributed by atoms with E-state index in [4.69, 9.17) is 4.74 Å². The molecule has 0 amide bonds. The number of esters is 2. The predicted octanol–water partition coefficient (Wildman–Crippen LogP) is 3.15. The van der Waals surface area contributed by atoms with Crippen molar-refractivity contribution in [3.05, 3.63) is 64.7 Å². The maximum absolute atomic E-state index is 14.6. The Morgan fingerprint density at radius 3 is 2.32 bits per heavy atom. The number of benzene rings is 1. The van der Waals surface area contributed by atoms with E-state index in [1.807, 2.05) is 0 Å². The van der Waals surface area contributed by atoms with Gasteiger partial charge in [0.15, 0.2) is 0 Å². The standard InChI is InChI=1S/C21H19F2NO7/c1-3-29-20(27)16(25)9-13-6-7-14(10-24-13)31-11-12-5-8-15(22)17(18(12)23)19(26)21(28)30-4-2/h5-10,25H,3-4,11H2,1-2H3/b16-9-. The fourth-order valence-corrected chi connectivity index (χ4v) is 2.34. The number of rotatable bonds is 9. The second-order valence-corrected chi connectivity index (χ2v) is 5.90. The molecule has 0 radical (unpaired) electrons. The summed E-state index contributed by atoms with van der Waals surface area (Å²) in [7, 11) is 0. The van der Waals surface area contributed by atoms with Crippen LogP contribution in [0.4, 0.5) is 8.78 Å². The van der Waals surface area contributed by atoms with E-state index >= 15 is 0 Å². The lowest BCUT2D eigenvalue weighted by Crippen LogP contribution is -2.21. The number of aromatic nitrogens is 1. The number of carbonyl (C=O) groups is 3. The summed E-state index contributed by atoms with van der Waals surface area (Å²) in [6.07, 6.45) is 2.34. The fraction of sp³-hybridized carbons (Fsp3) is 0.238. The van der Waals surface area contributed by atoms with Gasteiger partial charge in [0.2, 0.25) is 5.76 Å². The van der Waals surface area contributed by atoms with Crippen LogP contribution in [0.1, 0.15) is 35.5 Å². The molecule has 0 atom stereocenters. The Balaban J connectivity index is 2.12. The van der Waals surface area contributed by atoms with Gasteiger partial charge in [0.25, 0.3) is 5.78 Å². The number of Topliss-reactive ketones (excluding diaryl/α,β-unsaturated/α-hetero) is 1. The van der Waals surface area contributed by atoms with Crippen LogP contribution >= 0.6 is 0 Å². The largest absolute Gasteiger partial charge is 0.502 e. The number of ketones is 1. The number of nitrogens with zero attached hydrogens (tertiary/aromatic N) is 1. The Morgan fingerprint density at radius 2 is 1.71 bits per heavy atom. The molecule has 1 heterocycles. The first-order chi connectivity index (χ1) is 14.8. The summed E-state index contributed by atoms with van der Waals surface area (Å²) in [5.41, 5.74) is -0.959. The van der Waals surface area contributed by atoms with E-state index in [0.29, 0.717) is 0 Å². The van der Waals surface area contributed by atoms with E-state index in [1.165, 1.54) is 25.3 Å². The smallest absolute Gasteiger partial charge is 0.379 e. The number of carbonyl (C=O) groups excluding carboxylic acids is 3. The van der Waals surface area contributed by atoms with Crippen molar-refractivity contribution in [1.82, 2.24) is 4.98 Å². The summed E-state index contributed by atoms with van der Waals surface area (Å²) in [6, 6.07) is 4.78. The molecule has 0 saturated carbocycles. The van der Waals surface area contributed by atoms with Crippen molar-refractivity contribution >= 4 is 23.8 Å². The summed E-state index contributed by atoms with van der Waals surface area (Å²) in [4.78, 5) is 38.8. The van der Waals surface area contributed by atoms with Crippen LogP contribution in [-0.4, -0.2) is 41.0 Å². The molecule has 1 aromatic carbocycles. The Bertz CT molecular complexity index is 1000. The Morgan fingerprint density at radius 1 is 1.03 bits per heavy atom. The number of hydrogen-bond acceptors (Lipinski definition) is 8. The molecule has 10 heteroatoms. The molecule has 164 valence electrons. The van der Waals surface area contributed by atoms with Crippen LogP contribution in [-0.2, 0) is 25.7 Å². The molecule has 0 bridgehead atoms. The van der Waals surface area contributed by atoms with Crippen molar-refractivity contribution in [2.45, 2.75) is 20.5 Å². The molecular formula is C21H19F2NO7. The maximum atomic E-state index is 14.6. The Labute approximate surface area is 176 Å². The van der Waals surface area contributed by atoms with Gasteiger partial charge in [-0.05, 0) is 38.1 Å². The molecule has 8 nitrogen and oxygen atoms in total. The first-order valence-corrected chi connectivity index (χ1v) is 9.13. The van der Waals surface area contributed by atoms with Crippen molar-refractivity contribution in [3.8, 4) is 5.75 Å². The molecule has 0 aliphatic carbocycles. The van der Waals surface area contributed by atoms with Crippen LogP contribution in [0.15, 0.2) is 36.2 Å². The molecule has 0 saturated heterocycles. The van der Waals surface area contributed by atoms with Crippen LogP contribution in [0.3, 0.4) is 0 Å². The Kier molecular flexibility index (Phi) is 8.18. The third-order valence-electron chi connectivity index (χ3n) is 3.78. The third-order valence-corrected chi connectivity index (χ3v) is 3.78. The zero-order valence-corrected chi connectivity index (χ0v) is 16.7. The summed E-state index contributed by atoms with van der Waals surface area (Å²) < 4.78 is 43.0. The summed E-state index contributed by atoms with van der Waals surface area (Å²) in [6.45, 7) is 2.64. The van der Waals surface area contributed by atoms with Crippen molar-refractivity contribution in [2.75, 3.05) is 13.2 Å². The third kappa shape index (κ3) is 6.08. The van der Waals surface area contributed by atoms with E-state index in [9.17, 15) is 28.3 Å². The van der Waals surface area contributed by atoms with Crippen molar-refractivity contribution in [1.29, 1.82) is 0 Å². The molecule has 31 heavy (non-hydrogen) atoms. The number of pyridine rings is 1. The summed E-state index contributed by atoms with van der Waals surface area (Å²) >= 11 is 0. The van der Waals surface area contributed by atoms with E-state index in [1.54, 1.807) is 6.92 Å². The Hall–Kier alpha value is -3.82. The maximum Gasteiger partial charge on any atom is 0.379 e. The number of ether oxygens (including phenoxy) is 3. The molecule has 0 spiro atoms. The molecule has 0 fully saturated rings. The minimum absolute atomic E-state index is 0.101. The highest BCUT2D eigenvalue weighted by atomic mass is 19.1. The average Bonchev–Trinajstić information content (AvgIpc) is 2.74. The quantitative estimate of drug-likeness (QED) is 0.210. The summed E-state index contributed by atoms with van der Waals surface area (Å²) in [5, 5.41) is 9.60. The van der Waals surface area contributed by atoms with Gasteiger partial charge in [-0.2, -0.15) is 0 Å². The van der Waals surface area contributed by atoms with E-state index in [2.05, 4.69) is 14.5 Å². The zero-order chi connectivity index (χ0) is 23.0. The van der Waals surface area contributed by atoms with Crippen molar-refractivity contribution < 1.29 is 42.5 Å². The predicted molar refractivity (Wildman–Crippen MR) is 103 cm³/mol. The van der Waals surface area contributed by atoms with Gasteiger partial charge in [-0.1, -0.05) is 0 Å². The first-order valence-electron chi connectivity index (χ1n) is 9.13. The SMILES string of the molecule is CCOC(=O)C(=O)c1c(F)ccc(COc2ccc(/C=C(\O)C(=O)OCC)nc2)c1F. The van der Waals surface area contributed by atoms with E-state index < -0.39 is 40.7 Å². The lowest BCUT2D eigenvalue weighted by Gasteiger charge is -2.10. The van der Waals surface area contributed by atoms with Gasteiger partial charge < -0.3 is 19.3 Å². The molecule has 0 aliphatic heterocycles. The molecule has 2 aromatic rings. The van der Waals surface area contributed by atoms with Gasteiger partial charge >= 0.3 is 11.9 Å². The zero-order valence-electron chi connectivity index (χ0n) is 16.7. The normalized spacial score (nSPS) is 11.0. The van der Waals surface area contributed by atoms with Gasteiger partial charge in [0.1, 0.15) is 29.6 Å². The lowest BCUT2D eigenvalue weighted by atomic mass is 10.1. The van der Waals surface area contributed by atoms with E-state index in [-0.39, 0.29) is 36.8 Å². The topological polar surface area (TPSA) is 112 Å². The van der Waals surface area contributed by atoms with Gasteiger partial charge in [-0.3, -0.25) is 9.78 Å². The molecule has 2 rings (SSSR count). The number of aliphatic hydroxyl groups is 1. The molecule has 1 N–H and O–H groups in total. The van der Waals surface area contributed by atoms with Crippen LogP contribution in [0, 0.1) is 11.6 Å². The average molecular weight is 435 g/mol. The minimum Gasteiger partial charge on any atom is -0.502 e. The van der Waals surface area contributed by atoms with E-state index in [0.717, 1.165) is 18.2 Å². The second kappa shape index (κ2) is 10.8. The second-order valence-electron chi connectivity index (χ2n) is 5.90. The summed E-state index contributed by atoms with van der Waals surface area (Å²) in [5.74, 6) is -6.56. The van der Waals surface area contributed by atoms with Crippen LogP contribution < -0.4 is 4.74 Å². The van der Waals surface area contributed by atoms with Gasteiger partial charge in [-0.15, -0.1) is 0 Å². The highest BCUT2D eigenvalue weighted by Crippen LogP contribution is 2.20. The number of halogens is 2. The highest BCUT2D eigenvalue weighted by Gasteiger charge is 2.27.